The average molecular weight is 423 g/mol. The van der Waals surface area contributed by atoms with Gasteiger partial charge in [-0.25, -0.2) is 9.97 Å². The van der Waals surface area contributed by atoms with Crippen LogP contribution in [-0.4, -0.2) is 73.0 Å². The van der Waals surface area contributed by atoms with Crippen molar-refractivity contribution in [2.75, 3.05) is 57.5 Å². The number of piperazine rings is 1. The maximum Gasteiger partial charge on any atom is 0.253 e. The fraction of sp³-hybridized carbons (Fsp3) is 0.318. The standard InChI is InChI=1S/C22H26N6OS/c1-26(2)21(29)17-6-4-5-16(13-17)19-15-24-22(30-19)25-20-14-18(7-8-23-20)28-11-9-27(3)10-12-28/h4-8,13-15H,9-12H2,1-3H3,(H,23,24,25). The van der Waals surface area contributed by atoms with Gasteiger partial charge in [-0.2, -0.15) is 0 Å². The van der Waals surface area contributed by atoms with Crippen LogP contribution in [0.25, 0.3) is 10.4 Å². The van der Waals surface area contributed by atoms with Gasteiger partial charge < -0.3 is 20.0 Å². The third-order valence-corrected chi connectivity index (χ3v) is 6.11. The fourth-order valence-corrected chi connectivity index (χ4v) is 4.21. The number of amides is 1. The van der Waals surface area contributed by atoms with Crippen molar-refractivity contribution in [3.8, 4) is 10.4 Å². The normalized spacial score (nSPS) is 14.6. The van der Waals surface area contributed by atoms with E-state index in [0.29, 0.717) is 5.56 Å². The van der Waals surface area contributed by atoms with Crippen LogP contribution in [-0.2, 0) is 0 Å². The zero-order valence-corrected chi connectivity index (χ0v) is 18.3. The molecule has 4 rings (SSSR count). The van der Waals surface area contributed by atoms with Crippen molar-refractivity contribution >= 4 is 33.9 Å². The topological polar surface area (TPSA) is 64.6 Å². The first-order chi connectivity index (χ1) is 14.5. The average Bonchev–Trinajstić information content (AvgIpc) is 3.22. The molecule has 1 aliphatic rings. The quantitative estimate of drug-likeness (QED) is 0.680. The second kappa shape index (κ2) is 8.81. The number of nitrogens with one attached hydrogen (secondary N) is 1. The minimum absolute atomic E-state index is 0.00960. The maximum atomic E-state index is 12.2. The molecule has 3 heterocycles. The van der Waals surface area contributed by atoms with Crippen LogP contribution in [0, 0.1) is 0 Å². The van der Waals surface area contributed by atoms with Crippen molar-refractivity contribution < 1.29 is 4.79 Å². The predicted molar refractivity (Wildman–Crippen MR) is 123 cm³/mol. The van der Waals surface area contributed by atoms with E-state index in [1.807, 2.05) is 36.7 Å². The van der Waals surface area contributed by atoms with Crippen LogP contribution >= 0.6 is 11.3 Å². The molecule has 0 atom stereocenters. The van der Waals surface area contributed by atoms with Gasteiger partial charge in [0, 0.05) is 70.0 Å². The Labute approximate surface area is 181 Å². The van der Waals surface area contributed by atoms with Gasteiger partial charge in [0.15, 0.2) is 5.13 Å². The zero-order valence-electron chi connectivity index (χ0n) is 17.5. The number of nitrogens with zero attached hydrogens (tertiary/aromatic N) is 5. The lowest BCUT2D eigenvalue weighted by molar-refractivity contribution is 0.0827. The molecule has 0 radical (unpaired) electrons. The smallest absolute Gasteiger partial charge is 0.253 e. The molecule has 0 saturated carbocycles. The number of thiazole rings is 1. The molecule has 3 aromatic rings. The minimum atomic E-state index is -0.00960. The number of aromatic nitrogens is 2. The number of anilines is 3. The van der Waals surface area contributed by atoms with E-state index in [-0.39, 0.29) is 5.91 Å². The highest BCUT2D eigenvalue weighted by atomic mass is 32.1. The lowest BCUT2D eigenvalue weighted by Gasteiger charge is -2.34. The SMILES string of the molecule is CN1CCN(c2ccnc(Nc3ncc(-c4cccc(C(=O)N(C)C)c4)s3)c2)CC1. The molecule has 1 aromatic carbocycles. The van der Waals surface area contributed by atoms with E-state index in [1.165, 1.54) is 5.69 Å². The summed E-state index contributed by atoms with van der Waals surface area (Å²) in [5.74, 6) is 0.772. The first-order valence-electron chi connectivity index (χ1n) is 9.94. The molecule has 2 aromatic heterocycles. The summed E-state index contributed by atoms with van der Waals surface area (Å²) < 4.78 is 0. The van der Waals surface area contributed by atoms with Gasteiger partial charge in [0.2, 0.25) is 0 Å². The van der Waals surface area contributed by atoms with Crippen LogP contribution < -0.4 is 10.2 Å². The predicted octanol–water partition coefficient (Wildman–Crippen LogP) is 3.40. The van der Waals surface area contributed by atoms with Gasteiger partial charge in [-0.1, -0.05) is 23.5 Å². The molecular formula is C22H26N6OS. The molecule has 1 saturated heterocycles. The Kier molecular flexibility index (Phi) is 5.96. The Morgan fingerprint density at radius 1 is 1.10 bits per heavy atom. The Balaban J connectivity index is 1.48. The van der Waals surface area contributed by atoms with Gasteiger partial charge in [0.1, 0.15) is 5.82 Å². The third kappa shape index (κ3) is 4.60. The highest BCUT2D eigenvalue weighted by Gasteiger charge is 2.15. The molecule has 30 heavy (non-hydrogen) atoms. The summed E-state index contributed by atoms with van der Waals surface area (Å²) in [6, 6.07) is 11.8. The molecule has 7 nitrogen and oxygen atoms in total. The van der Waals surface area contributed by atoms with Crippen LogP contribution in [0.5, 0.6) is 0 Å². The van der Waals surface area contributed by atoms with E-state index in [9.17, 15) is 4.79 Å². The first-order valence-corrected chi connectivity index (χ1v) is 10.8. The van der Waals surface area contributed by atoms with E-state index in [0.717, 1.165) is 47.6 Å². The van der Waals surface area contributed by atoms with Crippen LogP contribution in [0.15, 0.2) is 48.8 Å². The van der Waals surface area contributed by atoms with Gasteiger partial charge in [-0.05, 0) is 30.8 Å². The number of benzene rings is 1. The third-order valence-electron chi connectivity index (χ3n) is 5.15. The van der Waals surface area contributed by atoms with Gasteiger partial charge in [0.05, 0.1) is 4.88 Å². The summed E-state index contributed by atoms with van der Waals surface area (Å²) in [4.78, 5) is 28.5. The largest absolute Gasteiger partial charge is 0.369 e. The monoisotopic (exact) mass is 422 g/mol. The molecule has 1 fully saturated rings. The van der Waals surface area contributed by atoms with Crippen molar-refractivity contribution in [3.05, 3.63) is 54.4 Å². The van der Waals surface area contributed by atoms with Crippen molar-refractivity contribution in [2.45, 2.75) is 0 Å². The van der Waals surface area contributed by atoms with E-state index < -0.39 is 0 Å². The highest BCUT2D eigenvalue weighted by Crippen LogP contribution is 2.31. The molecule has 0 aliphatic carbocycles. The van der Waals surface area contributed by atoms with Crippen LogP contribution in [0.1, 0.15) is 10.4 Å². The van der Waals surface area contributed by atoms with Crippen LogP contribution in [0.2, 0.25) is 0 Å². The second-order valence-corrected chi connectivity index (χ2v) is 8.66. The van der Waals surface area contributed by atoms with E-state index >= 15 is 0 Å². The second-order valence-electron chi connectivity index (χ2n) is 7.62. The number of hydrogen-bond acceptors (Lipinski definition) is 7. The van der Waals surface area contributed by atoms with E-state index in [2.05, 4.69) is 44.3 Å². The molecule has 156 valence electrons. The van der Waals surface area contributed by atoms with Crippen molar-refractivity contribution in [1.29, 1.82) is 0 Å². The number of rotatable bonds is 5. The summed E-state index contributed by atoms with van der Waals surface area (Å²) in [5, 5.41) is 4.10. The Hall–Kier alpha value is -2.97. The summed E-state index contributed by atoms with van der Waals surface area (Å²) in [6.07, 6.45) is 3.66. The van der Waals surface area contributed by atoms with Gasteiger partial charge in [0.25, 0.3) is 5.91 Å². The van der Waals surface area contributed by atoms with Crippen LogP contribution in [0.4, 0.5) is 16.6 Å². The zero-order chi connectivity index (χ0) is 21.1. The lowest BCUT2D eigenvalue weighted by atomic mass is 10.1. The van der Waals surface area contributed by atoms with Crippen molar-refractivity contribution in [3.63, 3.8) is 0 Å². The van der Waals surface area contributed by atoms with E-state index in [1.54, 1.807) is 30.3 Å². The molecular weight excluding hydrogens is 396 g/mol. The Morgan fingerprint density at radius 2 is 1.90 bits per heavy atom. The summed E-state index contributed by atoms with van der Waals surface area (Å²) in [5.41, 5.74) is 2.82. The summed E-state index contributed by atoms with van der Waals surface area (Å²) in [6.45, 7) is 4.17. The number of pyridine rings is 1. The van der Waals surface area contributed by atoms with Gasteiger partial charge >= 0.3 is 0 Å². The molecule has 8 heteroatoms. The van der Waals surface area contributed by atoms with Crippen molar-refractivity contribution in [2.24, 2.45) is 0 Å². The number of carbonyl (C=O) groups excluding carboxylic acids is 1. The molecule has 0 spiro atoms. The highest BCUT2D eigenvalue weighted by molar-refractivity contribution is 7.18. The van der Waals surface area contributed by atoms with E-state index in [4.69, 9.17) is 0 Å². The number of carbonyl (C=O) groups is 1. The van der Waals surface area contributed by atoms with Gasteiger partial charge in [-0.15, -0.1) is 0 Å². The molecule has 0 bridgehead atoms. The van der Waals surface area contributed by atoms with Crippen molar-refractivity contribution in [1.82, 2.24) is 19.8 Å². The molecule has 1 aliphatic heterocycles. The Morgan fingerprint density at radius 3 is 2.67 bits per heavy atom. The lowest BCUT2D eigenvalue weighted by Crippen LogP contribution is -2.44. The number of likely N-dealkylation sites (N-methyl/N-ethyl adjacent to an activating group) is 1. The summed E-state index contributed by atoms with van der Waals surface area (Å²) in [7, 11) is 5.67. The fourth-order valence-electron chi connectivity index (χ4n) is 3.39. The molecule has 1 amide bonds. The van der Waals surface area contributed by atoms with Gasteiger partial charge in [-0.3, -0.25) is 4.79 Å². The number of hydrogen-bond donors (Lipinski definition) is 1. The Bertz CT molecular complexity index is 1030. The minimum Gasteiger partial charge on any atom is -0.369 e. The molecule has 0 unspecified atom stereocenters. The maximum absolute atomic E-state index is 12.2. The first kappa shape index (κ1) is 20.3. The summed E-state index contributed by atoms with van der Waals surface area (Å²) >= 11 is 1.54. The van der Waals surface area contributed by atoms with Crippen LogP contribution in [0.3, 0.4) is 0 Å². The molecule has 1 N–H and O–H groups in total.